The Bertz CT molecular complexity index is 65.5. The molecular formula is C3H11AlO3Pb. The van der Waals surface area contributed by atoms with Gasteiger partial charge in [0.1, 0.15) is 0 Å². The Hall–Kier alpha value is 1.33. The zero-order valence-electron chi connectivity index (χ0n) is 4.18. The van der Waals surface area contributed by atoms with Crippen LogP contribution >= 0.6 is 0 Å². The van der Waals surface area contributed by atoms with Gasteiger partial charge in [0.2, 0.25) is 0 Å². The van der Waals surface area contributed by atoms with E-state index >= 15 is 0 Å². The topological polar surface area (TPSA) is 45.3 Å². The normalized spacial score (nSPS) is 20.2. The summed E-state index contributed by atoms with van der Waals surface area (Å²) >= 11 is 0. The molecule has 1 aliphatic rings. The van der Waals surface area contributed by atoms with Crippen LogP contribution in [-0.2, 0) is 9.78 Å². The predicted octanol–water partition coefficient (Wildman–Crippen LogP) is -2.10. The summed E-state index contributed by atoms with van der Waals surface area (Å²) in [5, 5.41) is 8.49. The second-order valence-corrected chi connectivity index (χ2v) is 1.23. The van der Waals surface area contributed by atoms with Crippen LogP contribution in [0.1, 0.15) is 13.3 Å². The molecule has 0 spiro atoms. The quantitative estimate of drug-likeness (QED) is 0.341. The molecule has 0 amide bonds. The maximum absolute atomic E-state index is 8.49. The molecule has 8 heavy (non-hydrogen) atoms. The van der Waals surface area contributed by atoms with Gasteiger partial charge in [-0.3, -0.25) is 0 Å². The summed E-state index contributed by atoms with van der Waals surface area (Å²) in [7, 11) is 0. The van der Waals surface area contributed by atoms with Crippen molar-refractivity contribution in [1.82, 2.24) is 0 Å². The second-order valence-electron chi connectivity index (χ2n) is 1.23. The van der Waals surface area contributed by atoms with Gasteiger partial charge in [-0.25, -0.2) is 0 Å². The Balaban J connectivity index is 0. The summed E-state index contributed by atoms with van der Waals surface area (Å²) in [6.07, 6.45) is 0.493. The third kappa shape index (κ3) is 3.38. The van der Waals surface area contributed by atoms with Crippen LogP contribution in [0.4, 0.5) is 0 Å². The van der Waals surface area contributed by atoms with E-state index in [-0.39, 0.29) is 44.7 Å². The molecule has 0 saturated carbocycles. The first kappa shape index (κ1) is 12.1. The van der Waals surface area contributed by atoms with Crippen LogP contribution < -0.4 is 0 Å². The minimum absolute atomic E-state index is 0. The third-order valence-corrected chi connectivity index (χ3v) is 0.723. The maximum atomic E-state index is 8.49. The predicted molar refractivity (Wildman–Crippen MR) is 35.9 cm³/mol. The van der Waals surface area contributed by atoms with E-state index in [2.05, 4.69) is 9.78 Å². The molecule has 5 heteroatoms. The van der Waals surface area contributed by atoms with Gasteiger partial charge in [0.05, 0.1) is 0 Å². The van der Waals surface area contributed by atoms with Crippen molar-refractivity contribution in [2.75, 3.05) is 0 Å². The average molecular weight is 329 g/mol. The standard InChI is InChI=1S/C3H6O3.Al.Pb.5H/c1-2-3(4)5-6-3;;;;;;;/h4H,2H2,1H3;;;;;;;. The Morgan fingerprint density at radius 3 is 1.88 bits per heavy atom. The van der Waals surface area contributed by atoms with Gasteiger partial charge in [-0.1, -0.05) is 6.92 Å². The first-order valence-corrected chi connectivity index (χ1v) is 1.86. The molecule has 1 N–H and O–H groups in total. The Morgan fingerprint density at radius 1 is 1.50 bits per heavy atom. The van der Waals surface area contributed by atoms with Gasteiger partial charge >= 0.3 is 33.3 Å². The molecule has 0 aliphatic carbocycles. The van der Waals surface area contributed by atoms with Gasteiger partial charge in [0.25, 0.3) is 0 Å². The van der Waals surface area contributed by atoms with Crippen LogP contribution in [0, 0.1) is 0 Å². The van der Waals surface area contributed by atoms with E-state index in [1.54, 1.807) is 6.92 Å². The van der Waals surface area contributed by atoms with Gasteiger partial charge in [0.15, 0.2) is 17.4 Å². The van der Waals surface area contributed by atoms with Crippen LogP contribution in [0.15, 0.2) is 0 Å². The van der Waals surface area contributed by atoms with E-state index in [1.165, 1.54) is 0 Å². The third-order valence-electron chi connectivity index (χ3n) is 0.723. The van der Waals surface area contributed by atoms with E-state index < -0.39 is 5.97 Å². The zero-order valence-corrected chi connectivity index (χ0v) is 9.68. The monoisotopic (exact) mass is 330 g/mol. The molecule has 0 aromatic carbocycles. The fraction of sp³-hybridized carbons (Fsp3) is 1.00. The summed E-state index contributed by atoms with van der Waals surface area (Å²) in [4.78, 5) is 8.20. The summed E-state index contributed by atoms with van der Waals surface area (Å²) in [6.45, 7) is 1.77. The molecule has 2 radical (unpaired) electrons. The molecule has 1 heterocycles. The van der Waals surface area contributed by atoms with Crippen molar-refractivity contribution in [3.63, 3.8) is 0 Å². The summed E-state index contributed by atoms with van der Waals surface area (Å²) in [5.41, 5.74) is 0. The van der Waals surface area contributed by atoms with Crippen molar-refractivity contribution in [2.45, 2.75) is 19.3 Å². The molecule has 1 rings (SSSR count). The molecular weight excluding hydrogens is 318 g/mol. The molecule has 0 bridgehead atoms. The molecule has 1 saturated heterocycles. The first-order chi connectivity index (χ1) is 2.77. The molecule has 1 fully saturated rings. The van der Waals surface area contributed by atoms with Crippen molar-refractivity contribution in [2.24, 2.45) is 0 Å². The number of hydrogen-bond acceptors (Lipinski definition) is 3. The molecule has 0 unspecified atom stereocenters. The summed E-state index contributed by atoms with van der Waals surface area (Å²) in [5.74, 6) is -1.21. The number of aliphatic hydroxyl groups is 1. The second kappa shape index (κ2) is 4.20. The van der Waals surface area contributed by atoms with Crippen LogP contribution in [-0.4, -0.2) is 55.7 Å². The van der Waals surface area contributed by atoms with Crippen molar-refractivity contribution in [3.05, 3.63) is 0 Å². The summed E-state index contributed by atoms with van der Waals surface area (Å²) < 4.78 is 0. The minimum atomic E-state index is -1.21. The fourth-order valence-electron chi connectivity index (χ4n) is 0.166. The van der Waals surface area contributed by atoms with Gasteiger partial charge < -0.3 is 5.11 Å². The van der Waals surface area contributed by atoms with Crippen molar-refractivity contribution < 1.29 is 14.9 Å². The Morgan fingerprint density at radius 2 is 1.88 bits per heavy atom. The van der Waals surface area contributed by atoms with E-state index in [1.807, 2.05) is 0 Å². The van der Waals surface area contributed by atoms with Gasteiger partial charge in [-0.15, -0.1) is 0 Å². The molecule has 3 nitrogen and oxygen atoms in total. The van der Waals surface area contributed by atoms with E-state index in [0.29, 0.717) is 6.42 Å². The van der Waals surface area contributed by atoms with Gasteiger partial charge in [-0.2, -0.15) is 9.78 Å². The fourth-order valence-corrected chi connectivity index (χ4v) is 0.166. The van der Waals surface area contributed by atoms with Gasteiger partial charge in [0, 0.05) is 6.42 Å². The van der Waals surface area contributed by atoms with Gasteiger partial charge in [-0.05, 0) is 0 Å². The van der Waals surface area contributed by atoms with Crippen molar-refractivity contribution in [1.29, 1.82) is 0 Å². The van der Waals surface area contributed by atoms with Crippen molar-refractivity contribution in [3.8, 4) is 0 Å². The van der Waals surface area contributed by atoms with Crippen LogP contribution in [0.2, 0.25) is 0 Å². The molecule has 1 aliphatic heterocycles. The first-order valence-electron chi connectivity index (χ1n) is 1.86. The molecule has 0 atom stereocenters. The summed E-state index contributed by atoms with van der Waals surface area (Å²) in [6, 6.07) is 0. The molecule has 0 aromatic rings. The molecule has 0 aromatic heterocycles. The SMILES string of the molecule is CCC1(O)OO1.[AlH3].[PbH2]. The number of rotatable bonds is 1. The van der Waals surface area contributed by atoms with E-state index in [4.69, 9.17) is 5.11 Å². The zero-order chi connectivity index (χ0) is 4.62. The number of hydrogen-bond donors (Lipinski definition) is 1. The van der Waals surface area contributed by atoms with Crippen LogP contribution in [0.3, 0.4) is 0 Å². The Labute approximate surface area is 78.6 Å². The van der Waals surface area contributed by atoms with Crippen LogP contribution in [0.25, 0.3) is 0 Å². The Kier molecular flexibility index (Phi) is 6.33. The van der Waals surface area contributed by atoms with E-state index in [0.717, 1.165) is 0 Å². The van der Waals surface area contributed by atoms with Crippen LogP contribution in [0.5, 0.6) is 0 Å². The average Bonchev–Trinajstić information content (AvgIpc) is 2.22. The molecule has 48 valence electrons. The van der Waals surface area contributed by atoms with E-state index in [9.17, 15) is 0 Å². The van der Waals surface area contributed by atoms with Crippen molar-refractivity contribution >= 4 is 44.7 Å².